The zero-order chi connectivity index (χ0) is 21.2. The fraction of sp³-hybridized carbons (Fsp3) is 0.348. The maximum absolute atomic E-state index is 13.1. The van der Waals surface area contributed by atoms with E-state index in [-0.39, 0.29) is 16.9 Å². The third-order valence-electron chi connectivity index (χ3n) is 5.73. The van der Waals surface area contributed by atoms with Crippen molar-refractivity contribution in [3.8, 4) is 0 Å². The second-order valence-electron chi connectivity index (χ2n) is 7.92. The molecular formula is C23H25NO5S. The molecular weight excluding hydrogens is 402 g/mol. The van der Waals surface area contributed by atoms with E-state index >= 15 is 0 Å². The van der Waals surface area contributed by atoms with Crippen LogP contribution in [0.5, 0.6) is 0 Å². The van der Waals surface area contributed by atoms with Crippen molar-refractivity contribution >= 4 is 26.7 Å². The average Bonchev–Trinajstić information content (AvgIpc) is 3.10. The van der Waals surface area contributed by atoms with E-state index < -0.39 is 15.7 Å². The summed E-state index contributed by atoms with van der Waals surface area (Å²) in [7, 11) is -3.34. The monoisotopic (exact) mass is 427 g/mol. The third-order valence-corrected chi connectivity index (χ3v) is 6.55. The molecule has 0 atom stereocenters. The lowest BCUT2D eigenvalue weighted by atomic mass is 9.74. The molecule has 158 valence electrons. The van der Waals surface area contributed by atoms with Gasteiger partial charge in [-0.1, -0.05) is 48.5 Å². The Morgan fingerprint density at radius 1 is 1.03 bits per heavy atom. The van der Waals surface area contributed by atoms with Crippen LogP contribution in [-0.2, 0) is 25.7 Å². The molecule has 1 saturated heterocycles. The molecule has 1 aliphatic rings. The molecule has 1 amide bonds. The van der Waals surface area contributed by atoms with Crippen molar-refractivity contribution in [3.63, 3.8) is 0 Å². The lowest BCUT2D eigenvalue weighted by Crippen LogP contribution is -2.44. The lowest BCUT2D eigenvalue weighted by molar-refractivity contribution is 0.0484. The topological polar surface area (TPSA) is 85.6 Å². The molecule has 1 N–H and O–H groups in total. The molecule has 0 aliphatic carbocycles. The standard InChI is InChI=1S/C23H25NO5S/c1-30(26,27)15-19-18-9-5-6-10-20(18)29-21(19)22(25)24-16-23(11-13-28-14-12-23)17-7-3-2-4-8-17/h2-10H,11-16H2,1H3,(H,24,25). The quantitative estimate of drug-likeness (QED) is 0.651. The number of benzene rings is 2. The summed E-state index contributed by atoms with van der Waals surface area (Å²) in [4.78, 5) is 13.1. The van der Waals surface area contributed by atoms with Gasteiger partial charge in [0, 0.05) is 42.4 Å². The average molecular weight is 428 g/mol. The van der Waals surface area contributed by atoms with Crippen LogP contribution in [-0.4, -0.2) is 40.3 Å². The van der Waals surface area contributed by atoms with E-state index in [2.05, 4.69) is 17.4 Å². The van der Waals surface area contributed by atoms with Gasteiger partial charge in [0.15, 0.2) is 15.6 Å². The number of hydrogen-bond donors (Lipinski definition) is 1. The summed E-state index contributed by atoms with van der Waals surface area (Å²) < 4.78 is 35.3. The van der Waals surface area contributed by atoms with Crippen LogP contribution in [0.1, 0.15) is 34.5 Å². The van der Waals surface area contributed by atoms with Crippen LogP contribution >= 0.6 is 0 Å². The molecule has 2 heterocycles. The Balaban J connectivity index is 1.63. The van der Waals surface area contributed by atoms with E-state index in [1.165, 1.54) is 0 Å². The van der Waals surface area contributed by atoms with E-state index in [9.17, 15) is 13.2 Å². The molecule has 30 heavy (non-hydrogen) atoms. The van der Waals surface area contributed by atoms with E-state index in [1.54, 1.807) is 24.3 Å². The number of carbonyl (C=O) groups excluding carboxylic acids is 1. The maximum Gasteiger partial charge on any atom is 0.287 e. The Kier molecular flexibility index (Phi) is 5.66. The second-order valence-corrected chi connectivity index (χ2v) is 10.1. The summed E-state index contributed by atoms with van der Waals surface area (Å²) in [6.45, 7) is 1.69. The molecule has 6 nitrogen and oxygen atoms in total. The fourth-order valence-corrected chi connectivity index (χ4v) is 4.95. The van der Waals surface area contributed by atoms with Gasteiger partial charge >= 0.3 is 0 Å². The highest BCUT2D eigenvalue weighted by Crippen LogP contribution is 2.34. The van der Waals surface area contributed by atoms with Crippen molar-refractivity contribution in [1.29, 1.82) is 0 Å². The Morgan fingerprint density at radius 3 is 2.40 bits per heavy atom. The lowest BCUT2D eigenvalue weighted by Gasteiger charge is -2.37. The number of rotatable bonds is 6. The van der Waals surface area contributed by atoms with Crippen molar-refractivity contribution in [2.24, 2.45) is 0 Å². The Bertz CT molecular complexity index is 1140. The first-order valence-corrected chi connectivity index (χ1v) is 12.0. The van der Waals surface area contributed by atoms with Crippen molar-refractivity contribution in [2.45, 2.75) is 24.0 Å². The van der Waals surface area contributed by atoms with Gasteiger partial charge in [-0.05, 0) is 24.5 Å². The van der Waals surface area contributed by atoms with Crippen LogP contribution in [0.15, 0.2) is 59.0 Å². The number of para-hydroxylation sites is 1. The molecule has 1 aliphatic heterocycles. The molecule has 1 aromatic heterocycles. The smallest absolute Gasteiger partial charge is 0.287 e. The first-order chi connectivity index (χ1) is 14.4. The van der Waals surface area contributed by atoms with Crippen LogP contribution in [0.2, 0.25) is 0 Å². The summed E-state index contributed by atoms with van der Waals surface area (Å²) >= 11 is 0. The van der Waals surface area contributed by atoms with Gasteiger partial charge < -0.3 is 14.5 Å². The second kappa shape index (κ2) is 8.24. The number of furan rings is 1. The Morgan fingerprint density at radius 2 is 1.70 bits per heavy atom. The van der Waals surface area contributed by atoms with Gasteiger partial charge in [-0.25, -0.2) is 8.42 Å². The van der Waals surface area contributed by atoms with Gasteiger partial charge in [-0.3, -0.25) is 4.79 Å². The fourth-order valence-electron chi connectivity index (χ4n) is 4.14. The van der Waals surface area contributed by atoms with E-state index in [0.29, 0.717) is 36.3 Å². The van der Waals surface area contributed by atoms with Crippen molar-refractivity contribution in [1.82, 2.24) is 5.32 Å². The number of nitrogens with one attached hydrogen (secondary N) is 1. The molecule has 0 radical (unpaired) electrons. The van der Waals surface area contributed by atoms with Crippen LogP contribution in [0.3, 0.4) is 0 Å². The van der Waals surface area contributed by atoms with Crippen molar-refractivity contribution in [3.05, 3.63) is 71.5 Å². The molecule has 3 aromatic rings. The number of ether oxygens (including phenoxy) is 1. The van der Waals surface area contributed by atoms with Gasteiger partial charge in [0.1, 0.15) is 5.58 Å². The van der Waals surface area contributed by atoms with E-state index in [4.69, 9.17) is 9.15 Å². The highest BCUT2D eigenvalue weighted by atomic mass is 32.2. The normalized spacial score (nSPS) is 16.4. The van der Waals surface area contributed by atoms with Gasteiger partial charge in [0.05, 0.1) is 5.75 Å². The van der Waals surface area contributed by atoms with Gasteiger partial charge in [0.2, 0.25) is 0 Å². The third kappa shape index (κ3) is 4.27. The number of carbonyl (C=O) groups is 1. The minimum atomic E-state index is -3.34. The van der Waals surface area contributed by atoms with Crippen molar-refractivity contribution in [2.75, 3.05) is 26.0 Å². The van der Waals surface area contributed by atoms with E-state index in [0.717, 1.165) is 24.7 Å². The van der Waals surface area contributed by atoms with Gasteiger partial charge in [0.25, 0.3) is 5.91 Å². The number of amides is 1. The summed E-state index contributed by atoms with van der Waals surface area (Å²) in [5.41, 5.74) is 1.85. The predicted molar refractivity (Wildman–Crippen MR) is 115 cm³/mol. The number of hydrogen-bond acceptors (Lipinski definition) is 5. The molecule has 0 bridgehead atoms. The molecule has 1 fully saturated rings. The molecule has 0 saturated carbocycles. The molecule has 4 rings (SSSR count). The highest BCUT2D eigenvalue weighted by molar-refractivity contribution is 7.89. The maximum atomic E-state index is 13.1. The highest BCUT2D eigenvalue weighted by Gasteiger charge is 2.35. The zero-order valence-electron chi connectivity index (χ0n) is 16.9. The number of sulfone groups is 1. The minimum absolute atomic E-state index is 0.0666. The van der Waals surface area contributed by atoms with Crippen LogP contribution in [0.25, 0.3) is 11.0 Å². The van der Waals surface area contributed by atoms with E-state index in [1.807, 2.05) is 18.2 Å². The zero-order valence-corrected chi connectivity index (χ0v) is 17.7. The van der Waals surface area contributed by atoms with Crippen molar-refractivity contribution < 1.29 is 22.4 Å². The molecule has 0 unspecified atom stereocenters. The first-order valence-electron chi connectivity index (χ1n) is 9.98. The Labute approximate surface area is 176 Å². The van der Waals surface area contributed by atoms with Crippen LogP contribution < -0.4 is 5.32 Å². The summed E-state index contributed by atoms with van der Waals surface area (Å²) in [6, 6.07) is 17.2. The largest absolute Gasteiger partial charge is 0.451 e. The van der Waals surface area contributed by atoms with Crippen LogP contribution in [0, 0.1) is 0 Å². The number of fused-ring (bicyclic) bond motifs is 1. The summed E-state index contributed by atoms with van der Waals surface area (Å²) in [5, 5.41) is 3.66. The van der Waals surface area contributed by atoms with Gasteiger partial charge in [-0.2, -0.15) is 0 Å². The SMILES string of the molecule is CS(=O)(=O)Cc1c(C(=O)NCC2(c3ccccc3)CCOCC2)oc2ccccc12. The Hall–Kier alpha value is -2.64. The molecule has 2 aromatic carbocycles. The first kappa shape index (κ1) is 20.6. The molecule has 0 spiro atoms. The summed E-state index contributed by atoms with van der Waals surface area (Å²) in [5.74, 6) is -0.576. The van der Waals surface area contributed by atoms with Gasteiger partial charge in [-0.15, -0.1) is 0 Å². The predicted octanol–water partition coefficient (Wildman–Crippen LogP) is 3.46. The molecule has 7 heteroatoms. The summed E-state index contributed by atoms with van der Waals surface area (Å²) in [6.07, 6.45) is 2.75. The van der Waals surface area contributed by atoms with Crippen LogP contribution in [0.4, 0.5) is 0 Å². The minimum Gasteiger partial charge on any atom is -0.451 e.